The molecule has 0 aromatic rings. The molecule has 0 aromatic heterocycles. The second-order valence-corrected chi connectivity index (χ2v) is 6.15. The largest absolute Gasteiger partial charge is 0.389 e. The summed E-state index contributed by atoms with van der Waals surface area (Å²) in [6, 6.07) is 0. The van der Waals surface area contributed by atoms with Gasteiger partial charge in [-0.15, -0.1) is 0 Å². The minimum Gasteiger partial charge on any atom is -0.389 e. The molecule has 5 nitrogen and oxygen atoms in total. The summed E-state index contributed by atoms with van der Waals surface area (Å²) >= 11 is 0. The molecule has 1 fully saturated rings. The van der Waals surface area contributed by atoms with E-state index in [0.717, 1.165) is 0 Å². The van der Waals surface area contributed by atoms with Gasteiger partial charge in [-0.3, -0.25) is 0 Å². The highest BCUT2D eigenvalue weighted by Crippen LogP contribution is 2.13. The molecule has 1 N–H and O–H groups in total. The lowest BCUT2D eigenvalue weighted by Gasteiger charge is -2.19. The maximum atomic E-state index is 11.4. The molecule has 1 heterocycles. The number of ether oxygens (including phenoxy) is 1. The number of rotatable bonds is 5. The van der Waals surface area contributed by atoms with Crippen LogP contribution in [0.2, 0.25) is 0 Å². The number of β-amino-alcohol motifs (C(OH)–C–C–N with tert-alkyl or cyclic N) is 1. The van der Waals surface area contributed by atoms with Crippen LogP contribution in [0.4, 0.5) is 0 Å². The van der Waals surface area contributed by atoms with Crippen LogP contribution in [-0.2, 0) is 14.8 Å². The molecule has 0 bridgehead atoms. The number of aliphatic hydroxyl groups is 1. The predicted octanol–water partition coefficient (Wildman–Crippen LogP) is -0.192. The van der Waals surface area contributed by atoms with E-state index in [9.17, 15) is 13.5 Å². The first kappa shape index (κ1) is 12.9. The van der Waals surface area contributed by atoms with E-state index < -0.39 is 16.1 Å². The van der Waals surface area contributed by atoms with Crippen LogP contribution in [0.3, 0.4) is 0 Å². The Morgan fingerprint density at radius 3 is 2.60 bits per heavy atom. The quantitative estimate of drug-likeness (QED) is 0.719. The zero-order valence-corrected chi connectivity index (χ0v) is 10.0. The van der Waals surface area contributed by atoms with Crippen molar-refractivity contribution in [1.29, 1.82) is 0 Å². The number of nitrogens with zero attached hydrogens (tertiary/aromatic N) is 1. The summed E-state index contributed by atoms with van der Waals surface area (Å²) in [5.74, 6) is 0.199. The normalized spacial score (nSPS) is 23.5. The summed E-state index contributed by atoms with van der Waals surface area (Å²) < 4.78 is 29.4. The number of sulfonamides is 1. The zero-order chi connectivity index (χ0) is 11.5. The molecule has 0 aliphatic carbocycles. The Morgan fingerprint density at radius 1 is 1.47 bits per heavy atom. The number of hydrogen-bond donors (Lipinski definition) is 1. The van der Waals surface area contributed by atoms with Crippen molar-refractivity contribution >= 4 is 10.0 Å². The first-order valence-corrected chi connectivity index (χ1v) is 6.80. The van der Waals surface area contributed by atoms with Crippen LogP contribution in [0.15, 0.2) is 0 Å². The third-order valence-electron chi connectivity index (χ3n) is 2.24. The maximum absolute atomic E-state index is 11.4. The van der Waals surface area contributed by atoms with Gasteiger partial charge in [-0.1, -0.05) is 0 Å². The molecule has 0 saturated carbocycles. The molecule has 0 radical (unpaired) electrons. The van der Waals surface area contributed by atoms with E-state index in [4.69, 9.17) is 4.74 Å². The van der Waals surface area contributed by atoms with Crippen molar-refractivity contribution in [3.8, 4) is 0 Å². The van der Waals surface area contributed by atoms with Gasteiger partial charge in [0.2, 0.25) is 10.0 Å². The Kier molecular flexibility index (Phi) is 4.51. The molecule has 90 valence electrons. The Balaban J connectivity index is 2.35. The molecule has 1 aliphatic rings. The van der Waals surface area contributed by atoms with Gasteiger partial charge in [-0.25, -0.2) is 8.42 Å². The fraction of sp³-hybridized carbons (Fsp3) is 1.00. The first-order valence-electron chi connectivity index (χ1n) is 5.19. The standard InChI is InChI=1S/C9H19NO4S/c1-8(2)14-7-9(11)6-10-4-3-5-15(10,12)13/h8-9,11H,3-7H2,1-2H3/t9-/m0/s1. The van der Waals surface area contributed by atoms with Crippen molar-refractivity contribution in [1.82, 2.24) is 4.31 Å². The number of aliphatic hydroxyl groups excluding tert-OH is 1. The highest BCUT2D eigenvalue weighted by molar-refractivity contribution is 7.89. The lowest BCUT2D eigenvalue weighted by Crippen LogP contribution is -2.36. The fourth-order valence-electron chi connectivity index (χ4n) is 1.49. The van der Waals surface area contributed by atoms with Gasteiger partial charge in [0.1, 0.15) is 0 Å². The SMILES string of the molecule is CC(C)OC[C@@H](O)CN1CCCS1(=O)=O. The van der Waals surface area contributed by atoms with Gasteiger partial charge in [0.25, 0.3) is 0 Å². The molecule has 1 rings (SSSR count). The molecule has 1 aliphatic heterocycles. The van der Waals surface area contributed by atoms with Crippen molar-refractivity contribution < 1.29 is 18.3 Å². The van der Waals surface area contributed by atoms with Crippen LogP contribution < -0.4 is 0 Å². The van der Waals surface area contributed by atoms with E-state index in [1.807, 2.05) is 13.8 Å². The van der Waals surface area contributed by atoms with Gasteiger partial charge < -0.3 is 9.84 Å². The topological polar surface area (TPSA) is 66.8 Å². The van der Waals surface area contributed by atoms with Crippen LogP contribution in [-0.4, -0.2) is 55.5 Å². The Labute approximate surface area is 91.1 Å². The summed E-state index contributed by atoms with van der Waals surface area (Å²) in [5.41, 5.74) is 0. The van der Waals surface area contributed by atoms with Gasteiger partial charge in [0, 0.05) is 13.1 Å². The van der Waals surface area contributed by atoms with Crippen LogP contribution in [0.25, 0.3) is 0 Å². The zero-order valence-electron chi connectivity index (χ0n) is 9.22. The lowest BCUT2D eigenvalue weighted by molar-refractivity contribution is 0.000194. The molecule has 0 spiro atoms. The highest BCUT2D eigenvalue weighted by Gasteiger charge is 2.29. The van der Waals surface area contributed by atoms with E-state index in [2.05, 4.69) is 0 Å². The molecular formula is C9H19NO4S. The molecule has 1 saturated heterocycles. The molecule has 15 heavy (non-hydrogen) atoms. The predicted molar refractivity (Wildman–Crippen MR) is 57.1 cm³/mol. The minimum absolute atomic E-state index is 0.0508. The van der Waals surface area contributed by atoms with Gasteiger partial charge >= 0.3 is 0 Å². The van der Waals surface area contributed by atoms with Gasteiger partial charge in [0.15, 0.2) is 0 Å². The third-order valence-corrected chi connectivity index (χ3v) is 4.16. The smallest absolute Gasteiger partial charge is 0.214 e. The minimum atomic E-state index is -3.10. The summed E-state index contributed by atoms with van der Waals surface area (Å²) in [6.07, 6.45) is -0.0322. The van der Waals surface area contributed by atoms with E-state index in [1.54, 1.807) is 0 Å². The average molecular weight is 237 g/mol. The van der Waals surface area contributed by atoms with E-state index in [-0.39, 0.29) is 25.0 Å². The second kappa shape index (κ2) is 5.25. The summed E-state index contributed by atoms with van der Waals surface area (Å²) in [4.78, 5) is 0. The van der Waals surface area contributed by atoms with E-state index >= 15 is 0 Å². The van der Waals surface area contributed by atoms with E-state index in [1.165, 1.54) is 4.31 Å². The first-order chi connectivity index (χ1) is 6.92. The van der Waals surface area contributed by atoms with Crippen LogP contribution in [0, 0.1) is 0 Å². The summed E-state index contributed by atoms with van der Waals surface area (Å²) in [5, 5.41) is 9.56. The van der Waals surface area contributed by atoms with Crippen LogP contribution in [0.1, 0.15) is 20.3 Å². The van der Waals surface area contributed by atoms with Gasteiger partial charge in [0.05, 0.1) is 24.6 Å². The van der Waals surface area contributed by atoms with Gasteiger partial charge in [-0.05, 0) is 20.3 Å². The van der Waals surface area contributed by atoms with Crippen LogP contribution in [0.5, 0.6) is 0 Å². The van der Waals surface area contributed by atoms with E-state index in [0.29, 0.717) is 13.0 Å². The third kappa shape index (κ3) is 4.06. The fourth-order valence-corrected chi connectivity index (χ4v) is 3.05. The van der Waals surface area contributed by atoms with Crippen LogP contribution >= 0.6 is 0 Å². The maximum Gasteiger partial charge on any atom is 0.214 e. The van der Waals surface area contributed by atoms with Gasteiger partial charge in [-0.2, -0.15) is 4.31 Å². The molecular weight excluding hydrogens is 218 g/mol. The average Bonchev–Trinajstić information content (AvgIpc) is 2.43. The number of hydrogen-bond acceptors (Lipinski definition) is 4. The summed E-state index contributed by atoms with van der Waals surface area (Å²) in [6.45, 7) is 4.60. The molecule has 0 unspecified atom stereocenters. The van der Waals surface area contributed by atoms with Crippen molar-refractivity contribution in [3.05, 3.63) is 0 Å². The Morgan fingerprint density at radius 2 is 2.13 bits per heavy atom. The van der Waals surface area contributed by atoms with Crippen molar-refractivity contribution in [2.45, 2.75) is 32.5 Å². The van der Waals surface area contributed by atoms with Crippen molar-refractivity contribution in [2.75, 3.05) is 25.4 Å². The van der Waals surface area contributed by atoms with Crippen molar-refractivity contribution in [3.63, 3.8) is 0 Å². The molecule has 0 aromatic carbocycles. The lowest BCUT2D eigenvalue weighted by atomic mass is 10.3. The summed E-state index contributed by atoms with van der Waals surface area (Å²) in [7, 11) is -3.10. The highest BCUT2D eigenvalue weighted by atomic mass is 32.2. The van der Waals surface area contributed by atoms with Crippen molar-refractivity contribution in [2.24, 2.45) is 0 Å². The molecule has 1 atom stereocenters. The second-order valence-electron chi connectivity index (χ2n) is 4.06. The Hall–Kier alpha value is -0.170. The monoisotopic (exact) mass is 237 g/mol. The Bertz CT molecular complexity index is 288. The molecule has 6 heteroatoms. The molecule has 0 amide bonds.